The highest BCUT2D eigenvalue weighted by Gasteiger charge is 2.33. The van der Waals surface area contributed by atoms with Gasteiger partial charge < -0.3 is 19.3 Å². The minimum Gasteiger partial charge on any atom is -0.494 e. The number of amides is 1. The SMILES string of the molecule is CCOc1ccc(-c2c(C)n(Cc3ccc(F)cc3)c3c(N(C)C(=O)C4CC4)cccc23)cc1.CO. The predicted octanol–water partition coefficient (Wildman–Crippen LogP) is 6.18. The normalized spacial score (nSPS) is 12.7. The number of benzene rings is 3. The van der Waals surface area contributed by atoms with E-state index in [-0.39, 0.29) is 17.6 Å². The Kier molecular flexibility index (Phi) is 7.75. The molecule has 6 heteroatoms. The van der Waals surface area contributed by atoms with Crippen molar-refractivity contribution in [1.82, 2.24) is 4.57 Å². The van der Waals surface area contributed by atoms with Gasteiger partial charge in [0.15, 0.2) is 0 Å². The molecule has 5 nitrogen and oxygen atoms in total. The summed E-state index contributed by atoms with van der Waals surface area (Å²) >= 11 is 0. The van der Waals surface area contributed by atoms with Gasteiger partial charge in [0.25, 0.3) is 0 Å². The summed E-state index contributed by atoms with van der Waals surface area (Å²) in [7, 11) is 2.87. The van der Waals surface area contributed by atoms with E-state index >= 15 is 0 Å². The molecular weight excluding hydrogens is 455 g/mol. The Bertz CT molecular complexity index is 1340. The van der Waals surface area contributed by atoms with Crippen LogP contribution in [-0.4, -0.2) is 36.3 Å². The maximum absolute atomic E-state index is 13.5. The van der Waals surface area contributed by atoms with E-state index in [1.807, 2.05) is 55.3 Å². The van der Waals surface area contributed by atoms with E-state index < -0.39 is 0 Å². The number of carbonyl (C=O) groups is 1. The molecule has 1 saturated carbocycles. The number of hydrogen-bond acceptors (Lipinski definition) is 3. The van der Waals surface area contributed by atoms with Gasteiger partial charge in [-0.2, -0.15) is 0 Å². The number of aliphatic hydroxyl groups is 1. The number of aromatic nitrogens is 1. The highest BCUT2D eigenvalue weighted by Crippen LogP contribution is 2.41. The van der Waals surface area contributed by atoms with Crippen LogP contribution in [0.15, 0.2) is 66.7 Å². The van der Waals surface area contributed by atoms with Crippen molar-refractivity contribution < 1.29 is 19.0 Å². The molecule has 1 fully saturated rings. The van der Waals surface area contributed by atoms with Crippen molar-refractivity contribution in [2.24, 2.45) is 5.92 Å². The van der Waals surface area contributed by atoms with E-state index in [1.165, 1.54) is 12.1 Å². The van der Waals surface area contributed by atoms with Crippen LogP contribution in [0.25, 0.3) is 22.0 Å². The third-order valence-corrected chi connectivity index (χ3v) is 6.65. The first-order chi connectivity index (χ1) is 17.5. The van der Waals surface area contributed by atoms with Gasteiger partial charge in [-0.25, -0.2) is 4.39 Å². The number of ether oxygens (including phenoxy) is 1. The average molecular weight is 489 g/mol. The van der Waals surface area contributed by atoms with Crippen LogP contribution in [0.3, 0.4) is 0 Å². The number of anilines is 1. The number of hydrogen-bond donors (Lipinski definition) is 1. The van der Waals surface area contributed by atoms with Gasteiger partial charge in [-0.15, -0.1) is 0 Å². The van der Waals surface area contributed by atoms with Crippen molar-refractivity contribution in [3.8, 4) is 16.9 Å². The predicted molar refractivity (Wildman–Crippen MR) is 143 cm³/mol. The van der Waals surface area contributed by atoms with Crippen molar-refractivity contribution in [2.45, 2.75) is 33.2 Å². The van der Waals surface area contributed by atoms with Crippen LogP contribution in [-0.2, 0) is 11.3 Å². The molecule has 36 heavy (non-hydrogen) atoms. The number of aliphatic hydroxyl groups excluding tert-OH is 1. The minimum absolute atomic E-state index is 0.132. The Hall–Kier alpha value is -3.64. The lowest BCUT2D eigenvalue weighted by Crippen LogP contribution is -2.28. The number of nitrogens with zero attached hydrogens (tertiary/aromatic N) is 2. The fraction of sp³-hybridized carbons (Fsp3) is 0.300. The van der Waals surface area contributed by atoms with E-state index in [0.29, 0.717) is 13.2 Å². The number of fused-ring (bicyclic) bond motifs is 1. The second kappa shape index (κ2) is 11.0. The topological polar surface area (TPSA) is 54.7 Å². The molecule has 4 aromatic rings. The molecule has 1 aliphatic carbocycles. The van der Waals surface area contributed by atoms with Crippen LogP contribution >= 0.6 is 0 Å². The first kappa shape index (κ1) is 25.5. The first-order valence-corrected chi connectivity index (χ1v) is 12.3. The van der Waals surface area contributed by atoms with Gasteiger partial charge in [0.1, 0.15) is 11.6 Å². The van der Waals surface area contributed by atoms with Gasteiger partial charge in [-0.05, 0) is 68.1 Å². The lowest BCUT2D eigenvalue weighted by molar-refractivity contribution is -0.119. The smallest absolute Gasteiger partial charge is 0.229 e. The molecule has 1 heterocycles. The quantitative estimate of drug-likeness (QED) is 0.338. The Morgan fingerprint density at radius 3 is 2.33 bits per heavy atom. The molecule has 1 aromatic heterocycles. The van der Waals surface area contributed by atoms with Crippen molar-refractivity contribution in [3.63, 3.8) is 0 Å². The van der Waals surface area contributed by atoms with E-state index in [0.717, 1.165) is 64.7 Å². The molecule has 0 saturated heterocycles. The maximum Gasteiger partial charge on any atom is 0.229 e. The minimum atomic E-state index is -0.247. The van der Waals surface area contributed by atoms with Crippen LogP contribution in [0.1, 0.15) is 31.0 Å². The molecule has 3 aromatic carbocycles. The van der Waals surface area contributed by atoms with E-state index in [1.54, 1.807) is 0 Å². The van der Waals surface area contributed by atoms with Crippen LogP contribution < -0.4 is 9.64 Å². The molecular formula is C30H33FN2O3. The molecule has 0 bridgehead atoms. The van der Waals surface area contributed by atoms with Gasteiger partial charge in [-0.1, -0.05) is 36.4 Å². The molecule has 1 N–H and O–H groups in total. The second-order valence-electron chi connectivity index (χ2n) is 8.98. The summed E-state index contributed by atoms with van der Waals surface area (Å²) in [5.74, 6) is 0.896. The molecule has 0 unspecified atom stereocenters. The highest BCUT2D eigenvalue weighted by atomic mass is 19.1. The number of carbonyl (C=O) groups excluding carboxylic acids is 1. The molecule has 188 valence electrons. The zero-order chi connectivity index (χ0) is 25.8. The Balaban J connectivity index is 0.00000148. The van der Waals surface area contributed by atoms with Crippen LogP contribution in [0.2, 0.25) is 0 Å². The van der Waals surface area contributed by atoms with E-state index in [9.17, 15) is 9.18 Å². The summed E-state index contributed by atoms with van der Waals surface area (Å²) in [5.41, 5.74) is 6.25. The van der Waals surface area contributed by atoms with Crippen LogP contribution in [0, 0.1) is 18.7 Å². The first-order valence-electron chi connectivity index (χ1n) is 12.3. The molecule has 0 radical (unpaired) electrons. The number of rotatable bonds is 7. The van der Waals surface area contributed by atoms with Crippen molar-refractivity contribution >= 4 is 22.5 Å². The van der Waals surface area contributed by atoms with Crippen LogP contribution in [0.5, 0.6) is 5.75 Å². The Morgan fingerprint density at radius 1 is 1.06 bits per heavy atom. The monoisotopic (exact) mass is 488 g/mol. The Labute approximate surface area is 211 Å². The van der Waals surface area contributed by atoms with Gasteiger partial charge in [0.05, 0.1) is 17.8 Å². The summed E-state index contributed by atoms with van der Waals surface area (Å²) in [4.78, 5) is 14.8. The highest BCUT2D eigenvalue weighted by molar-refractivity contribution is 6.08. The lowest BCUT2D eigenvalue weighted by Gasteiger charge is -2.20. The van der Waals surface area contributed by atoms with Gasteiger partial charge in [0.2, 0.25) is 5.91 Å². The zero-order valence-corrected chi connectivity index (χ0v) is 21.3. The number of halogens is 1. The average Bonchev–Trinajstić information content (AvgIpc) is 3.72. The molecule has 0 aliphatic heterocycles. The van der Waals surface area contributed by atoms with E-state index in [2.05, 4.69) is 29.7 Å². The zero-order valence-electron chi connectivity index (χ0n) is 21.3. The Morgan fingerprint density at radius 2 is 1.72 bits per heavy atom. The fourth-order valence-corrected chi connectivity index (χ4v) is 4.73. The van der Waals surface area contributed by atoms with Crippen molar-refractivity contribution in [2.75, 3.05) is 25.7 Å². The molecule has 5 rings (SSSR count). The molecule has 1 amide bonds. The second-order valence-corrected chi connectivity index (χ2v) is 8.98. The summed E-state index contributed by atoms with van der Waals surface area (Å²) in [6, 6.07) is 20.9. The largest absolute Gasteiger partial charge is 0.494 e. The molecule has 1 aliphatic rings. The fourth-order valence-electron chi connectivity index (χ4n) is 4.73. The summed E-state index contributed by atoms with van der Waals surface area (Å²) in [5, 5.41) is 8.09. The van der Waals surface area contributed by atoms with Crippen molar-refractivity contribution in [1.29, 1.82) is 0 Å². The third kappa shape index (κ3) is 5.00. The van der Waals surface area contributed by atoms with Crippen LogP contribution in [0.4, 0.5) is 10.1 Å². The summed E-state index contributed by atoms with van der Waals surface area (Å²) in [6.07, 6.45) is 1.93. The number of para-hydroxylation sites is 1. The maximum atomic E-state index is 13.5. The van der Waals surface area contributed by atoms with E-state index in [4.69, 9.17) is 9.84 Å². The van der Waals surface area contributed by atoms with Gasteiger partial charge >= 0.3 is 0 Å². The van der Waals surface area contributed by atoms with Gasteiger partial charge in [-0.3, -0.25) is 4.79 Å². The summed E-state index contributed by atoms with van der Waals surface area (Å²) < 4.78 is 21.4. The molecule has 0 atom stereocenters. The molecule has 0 spiro atoms. The lowest BCUT2D eigenvalue weighted by atomic mass is 10.0. The summed E-state index contributed by atoms with van der Waals surface area (Å²) in [6.45, 7) is 5.30. The standard InChI is InChI=1S/C29H29FN2O2.CH4O/c1-4-34-24-16-12-21(13-17-24)27-19(2)32(18-20-8-14-23(30)15-9-20)28-25(27)6-5-7-26(28)31(3)29(33)22-10-11-22;1-2/h5-9,12-17,22H,4,10-11,18H2,1-3H3;2H,1H3. The van der Waals surface area contributed by atoms with Crippen molar-refractivity contribution in [3.05, 3.63) is 83.8 Å². The van der Waals surface area contributed by atoms with Gasteiger partial charge in [0, 0.05) is 43.3 Å². The third-order valence-electron chi connectivity index (χ3n) is 6.65.